The number of phenolic OH excluding ortho intramolecular Hbond substituents is 1. The number of nitrogens with zero attached hydrogens (tertiary/aromatic N) is 2. The number of nitrogens with one attached hydrogen (secondary N) is 1. The Labute approximate surface area is 265 Å². The molecule has 0 fully saturated rings. The van der Waals surface area contributed by atoms with E-state index < -0.39 is 47.4 Å². The molecule has 1 amide bonds. The molecular formula is C33H31BrF5N3O3. The Morgan fingerprint density at radius 3 is 2.38 bits per heavy atom. The minimum absolute atomic E-state index is 0.0204. The maximum atomic E-state index is 15.3. The van der Waals surface area contributed by atoms with E-state index in [2.05, 4.69) is 21.2 Å². The maximum Gasteiger partial charge on any atom is 0.416 e. The molecule has 0 saturated heterocycles. The Morgan fingerprint density at radius 2 is 1.73 bits per heavy atom. The number of aromatic hydroxyl groups is 1. The molecule has 0 aliphatic rings. The van der Waals surface area contributed by atoms with Crippen LogP contribution in [0.4, 0.5) is 22.0 Å². The number of alkyl halides is 3. The Balaban J connectivity index is 1.80. The molecule has 45 heavy (non-hydrogen) atoms. The van der Waals surface area contributed by atoms with Gasteiger partial charge in [0.05, 0.1) is 5.56 Å². The van der Waals surface area contributed by atoms with Gasteiger partial charge in [-0.15, -0.1) is 0 Å². The van der Waals surface area contributed by atoms with Gasteiger partial charge in [0.2, 0.25) is 5.91 Å². The van der Waals surface area contributed by atoms with Gasteiger partial charge in [-0.1, -0.05) is 28.1 Å². The van der Waals surface area contributed by atoms with Gasteiger partial charge in [-0.25, -0.2) is 8.78 Å². The van der Waals surface area contributed by atoms with Crippen molar-refractivity contribution >= 4 is 21.8 Å². The van der Waals surface area contributed by atoms with Gasteiger partial charge in [0.25, 0.3) is 5.56 Å². The molecule has 0 saturated carbocycles. The van der Waals surface area contributed by atoms with Crippen LogP contribution in [0.5, 0.6) is 5.75 Å². The zero-order valence-corrected chi connectivity index (χ0v) is 26.5. The first-order chi connectivity index (χ1) is 21.1. The summed E-state index contributed by atoms with van der Waals surface area (Å²) < 4.78 is 73.4. The molecule has 4 rings (SSSR count). The lowest BCUT2D eigenvalue weighted by molar-refractivity contribution is -0.138. The summed E-state index contributed by atoms with van der Waals surface area (Å²) in [4.78, 5) is 28.7. The molecule has 1 unspecified atom stereocenters. The highest BCUT2D eigenvalue weighted by Crippen LogP contribution is 2.35. The molecule has 2 N–H and O–H groups in total. The fraction of sp³-hybridized carbons (Fsp3) is 0.273. The Kier molecular flexibility index (Phi) is 10.2. The molecule has 1 atom stereocenters. The molecule has 12 heteroatoms. The molecule has 1 heterocycles. The van der Waals surface area contributed by atoms with Crippen LogP contribution in [-0.2, 0) is 23.9 Å². The second kappa shape index (κ2) is 13.5. The van der Waals surface area contributed by atoms with Crippen LogP contribution in [0.3, 0.4) is 0 Å². The number of rotatable bonds is 9. The number of aromatic nitrogens is 1. The summed E-state index contributed by atoms with van der Waals surface area (Å²) in [6.45, 7) is 3.10. The van der Waals surface area contributed by atoms with E-state index in [4.69, 9.17) is 0 Å². The van der Waals surface area contributed by atoms with Gasteiger partial charge >= 0.3 is 6.18 Å². The van der Waals surface area contributed by atoms with Crippen molar-refractivity contribution in [1.29, 1.82) is 0 Å². The van der Waals surface area contributed by atoms with Crippen molar-refractivity contribution in [1.82, 2.24) is 14.8 Å². The zero-order chi connectivity index (χ0) is 33.2. The molecule has 0 spiro atoms. The minimum Gasteiger partial charge on any atom is -0.507 e. The molecule has 6 nitrogen and oxygen atoms in total. The lowest BCUT2D eigenvalue weighted by Gasteiger charge is -2.24. The fourth-order valence-electron chi connectivity index (χ4n) is 5.16. The van der Waals surface area contributed by atoms with Crippen LogP contribution in [0, 0.1) is 25.5 Å². The lowest BCUT2D eigenvalue weighted by Crippen LogP contribution is -2.39. The lowest BCUT2D eigenvalue weighted by atomic mass is 9.95. The average molecular weight is 693 g/mol. The monoisotopic (exact) mass is 691 g/mol. The van der Waals surface area contributed by atoms with Crippen LogP contribution >= 0.6 is 15.9 Å². The van der Waals surface area contributed by atoms with Crippen molar-refractivity contribution in [3.63, 3.8) is 0 Å². The Bertz CT molecular complexity index is 1780. The third-order valence-electron chi connectivity index (χ3n) is 7.40. The van der Waals surface area contributed by atoms with Crippen molar-refractivity contribution in [2.75, 3.05) is 20.6 Å². The summed E-state index contributed by atoms with van der Waals surface area (Å²) in [5, 5.41) is 13.0. The van der Waals surface area contributed by atoms with Crippen molar-refractivity contribution in [3.8, 4) is 16.9 Å². The Morgan fingerprint density at radius 1 is 1.02 bits per heavy atom. The molecule has 0 bridgehead atoms. The van der Waals surface area contributed by atoms with Crippen LogP contribution in [0.25, 0.3) is 11.1 Å². The highest BCUT2D eigenvalue weighted by Gasteiger charge is 2.36. The van der Waals surface area contributed by atoms with Crippen molar-refractivity contribution in [2.24, 2.45) is 0 Å². The van der Waals surface area contributed by atoms with Crippen LogP contribution in [0.15, 0.2) is 70.1 Å². The number of halogens is 6. The highest BCUT2D eigenvalue weighted by atomic mass is 79.9. The van der Waals surface area contributed by atoms with Crippen LogP contribution in [-0.4, -0.2) is 41.1 Å². The number of hydrogen-bond donors (Lipinski definition) is 2. The molecule has 0 aliphatic heterocycles. The predicted molar refractivity (Wildman–Crippen MR) is 165 cm³/mol. The summed E-state index contributed by atoms with van der Waals surface area (Å²) in [5.74, 6) is -2.48. The number of benzene rings is 3. The molecule has 1 aromatic heterocycles. The van der Waals surface area contributed by atoms with Gasteiger partial charge in [-0.2, -0.15) is 13.2 Å². The predicted octanol–water partition coefficient (Wildman–Crippen LogP) is 6.91. The summed E-state index contributed by atoms with van der Waals surface area (Å²) >= 11 is 3.22. The molecule has 238 valence electrons. The number of phenols is 1. The first-order valence-electron chi connectivity index (χ1n) is 13.9. The van der Waals surface area contributed by atoms with E-state index in [0.29, 0.717) is 21.7 Å². The number of likely N-dealkylation sites (N-methyl/N-ethyl adjacent to an activating group) is 1. The number of aryl methyl sites for hydroxylation is 2. The van der Waals surface area contributed by atoms with Gasteiger partial charge < -0.3 is 15.3 Å². The summed E-state index contributed by atoms with van der Waals surface area (Å²) in [7, 11) is 3.35. The minimum atomic E-state index is -4.84. The first-order valence-corrected chi connectivity index (χ1v) is 14.7. The molecule has 3 aromatic carbocycles. The van der Waals surface area contributed by atoms with Gasteiger partial charge in [0.15, 0.2) is 0 Å². The number of hydrogen-bond acceptors (Lipinski definition) is 4. The van der Waals surface area contributed by atoms with Gasteiger partial charge in [0.1, 0.15) is 23.4 Å². The molecular weight excluding hydrogens is 661 g/mol. The number of carbonyl (C=O) groups excluding carboxylic acids is 1. The first kappa shape index (κ1) is 33.9. The third kappa shape index (κ3) is 7.62. The topological polar surface area (TPSA) is 74.6 Å². The standard InChI is InChI=1S/C33H31BrF5N3O3/c1-18-6-5-7-27(43)29(18)21-12-19(2)30(36)22(13-21)16-40-32(45)31(24-14-23(34)8-9-26(24)35)42-17-20(10-11-41(3)4)25(15-28(42)44)33(37,38)39/h5-9,12-15,17,31,43H,10-11,16H2,1-4H3,(H,40,45). The van der Waals surface area contributed by atoms with Crippen LogP contribution < -0.4 is 10.9 Å². The SMILES string of the molecule is Cc1cc(-c2c(C)cccc2O)cc(CNC(=O)C(c2cc(Br)ccc2F)n2cc(CCN(C)C)c(C(F)(F)F)cc2=O)c1F. The van der Waals surface area contributed by atoms with Crippen LogP contribution in [0.1, 0.15) is 39.4 Å². The highest BCUT2D eigenvalue weighted by molar-refractivity contribution is 9.10. The molecule has 4 aromatic rings. The van der Waals surface area contributed by atoms with E-state index in [9.17, 15) is 27.9 Å². The second-order valence-corrected chi connectivity index (χ2v) is 11.9. The summed E-state index contributed by atoms with van der Waals surface area (Å²) in [5.41, 5.74) is -0.874. The molecule has 0 aliphatic carbocycles. The second-order valence-electron chi connectivity index (χ2n) is 11.0. The van der Waals surface area contributed by atoms with E-state index in [1.807, 2.05) is 0 Å². The van der Waals surface area contributed by atoms with E-state index in [1.54, 1.807) is 44.1 Å². The smallest absolute Gasteiger partial charge is 0.416 e. The van der Waals surface area contributed by atoms with Gasteiger partial charge in [-0.05, 0) is 93.0 Å². The largest absolute Gasteiger partial charge is 0.507 e. The van der Waals surface area contributed by atoms with Crippen molar-refractivity contribution in [2.45, 2.75) is 39.0 Å². The third-order valence-corrected chi connectivity index (χ3v) is 7.89. The fourth-order valence-corrected chi connectivity index (χ4v) is 5.54. The normalized spacial score (nSPS) is 12.4. The van der Waals surface area contributed by atoms with E-state index >= 15 is 8.78 Å². The van der Waals surface area contributed by atoms with E-state index in [0.717, 1.165) is 22.4 Å². The van der Waals surface area contributed by atoms with Crippen molar-refractivity contribution in [3.05, 3.63) is 121 Å². The Hall–Kier alpha value is -4.03. The molecule has 0 radical (unpaired) electrons. The number of pyridine rings is 1. The zero-order valence-electron chi connectivity index (χ0n) is 24.9. The van der Waals surface area contributed by atoms with Gasteiger partial charge in [-0.3, -0.25) is 14.2 Å². The van der Waals surface area contributed by atoms with E-state index in [-0.39, 0.29) is 41.0 Å². The van der Waals surface area contributed by atoms with Crippen LogP contribution in [0.2, 0.25) is 0 Å². The van der Waals surface area contributed by atoms with E-state index in [1.165, 1.54) is 31.2 Å². The number of carbonyl (C=O) groups is 1. The van der Waals surface area contributed by atoms with Crippen molar-refractivity contribution < 1.29 is 31.9 Å². The average Bonchev–Trinajstić information content (AvgIpc) is 2.95. The summed E-state index contributed by atoms with van der Waals surface area (Å²) in [6.07, 6.45) is -4.02. The quantitative estimate of drug-likeness (QED) is 0.187. The number of amides is 1. The maximum absolute atomic E-state index is 15.3. The summed E-state index contributed by atoms with van der Waals surface area (Å²) in [6, 6.07) is 10.3. The van der Waals surface area contributed by atoms with Gasteiger partial charge in [0, 0.05) is 46.5 Å².